The van der Waals surface area contributed by atoms with Crippen LogP contribution in [0.1, 0.15) is 28.0 Å². The number of carbonyl (C=O) groups is 2. The van der Waals surface area contributed by atoms with Gasteiger partial charge in [0.25, 0.3) is 5.91 Å². The molecule has 5 rings (SSSR count). The van der Waals surface area contributed by atoms with E-state index in [9.17, 15) is 22.8 Å². The van der Waals surface area contributed by atoms with Crippen LogP contribution in [0.2, 0.25) is 0 Å². The maximum Gasteiger partial charge on any atom is 0.416 e. The number of alkyl halides is 3. The van der Waals surface area contributed by atoms with Gasteiger partial charge in [-0.1, -0.05) is 17.8 Å². The van der Waals surface area contributed by atoms with E-state index in [1.807, 2.05) is 0 Å². The first-order chi connectivity index (χ1) is 18.7. The van der Waals surface area contributed by atoms with Gasteiger partial charge >= 0.3 is 6.18 Å². The molecule has 1 fully saturated rings. The molecule has 0 spiro atoms. The van der Waals surface area contributed by atoms with Crippen LogP contribution in [-0.2, 0) is 16.7 Å². The number of pyridine rings is 1. The van der Waals surface area contributed by atoms with Gasteiger partial charge in [0.05, 0.1) is 17.0 Å². The lowest BCUT2D eigenvalue weighted by Crippen LogP contribution is -2.50. The molecule has 0 aliphatic carbocycles. The van der Waals surface area contributed by atoms with Crippen LogP contribution in [0.5, 0.6) is 0 Å². The summed E-state index contributed by atoms with van der Waals surface area (Å²) >= 11 is 2.57. The van der Waals surface area contributed by atoms with Crippen molar-refractivity contribution in [3.63, 3.8) is 0 Å². The molecule has 0 N–H and O–H groups in total. The maximum atomic E-state index is 13.4. The molecule has 0 atom stereocenters. The monoisotopic (exact) mass is 573 g/mol. The van der Waals surface area contributed by atoms with Crippen LogP contribution >= 0.6 is 23.1 Å². The summed E-state index contributed by atoms with van der Waals surface area (Å²) in [5.41, 5.74) is 0.397. The Morgan fingerprint density at radius 1 is 1.05 bits per heavy atom. The van der Waals surface area contributed by atoms with Gasteiger partial charge in [-0.2, -0.15) is 13.2 Å². The number of piperazine rings is 1. The van der Waals surface area contributed by atoms with Gasteiger partial charge in [0.2, 0.25) is 5.91 Å². The Morgan fingerprint density at radius 3 is 2.51 bits per heavy atom. The van der Waals surface area contributed by atoms with Gasteiger partial charge in [-0.05, 0) is 30.3 Å². The molecule has 1 aliphatic rings. The minimum Gasteiger partial charge on any atom is -0.339 e. The van der Waals surface area contributed by atoms with Crippen molar-refractivity contribution in [1.29, 1.82) is 0 Å². The Balaban J connectivity index is 1.36. The van der Waals surface area contributed by atoms with Crippen molar-refractivity contribution in [2.45, 2.75) is 24.0 Å². The van der Waals surface area contributed by atoms with Gasteiger partial charge < -0.3 is 9.80 Å². The van der Waals surface area contributed by atoms with E-state index < -0.39 is 11.7 Å². The van der Waals surface area contributed by atoms with Crippen molar-refractivity contribution in [2.24, 2.45) is 0 Å². The summed E-state index contributed by atoms with van der Waals surface area (Å²) in [6.45, 7) is 3.36. The quantitative estimate of drug-likeness (QED) is 0.316. The molecular weight excluding hydrogens is 551 g/mol. The molecule has 39 heavy (non-hydrogen) atoms. The average molecular weight is 574 g/mol. The topological polar surface area (TPSA) is 97.1 Å². The molecule has 14 heteroatoms. The van der Waals surface area contributed by atoms with E-state index in [1.54, 1.807) is 50.3 Å². The minimum absolute atomic E-state index is 0.0141. The smallest absolute Gasteiger partial charge is 0.339 e. The fourth-order valence-electron chi connectivity index (χ4n) is 4.09. The predicted octanol–water partition coefficient (Wildman–Crippen LogP) is 4.40. The Hall–Kier alpha value is -3.78. The van der Waals surface area contributed by atoms with Crippen molar-refractivity contribution in [3.05, 3.63) is 70.4 Å². The van der Waals surface area contributed by atoms with Crippen LogP contribution in [-0.4, -0.2) is 72.5 Å². The fourth-order valence-corrected chi connectivity index (χ4v) is 5.83. The third kappa shape index (κ3) is 5.96. The number of halogens is 3. The summed E-state index contributed by atoms with van der Waals surface area (Å²) in [4.78, 5) is 36.4. The summed E-state index contributed by atoms with van der Waals surface area (Å²) in [6, 6.07) is 8.44. The second-order valence-corrected chi connectivity index (χ2v) is 10.5. The molecule has 0 unspecified atom stereocenters. The molecule has 1 saturated heterocycles. The number of thiazole rings is 1. The zero-order chi connectivity index (χ0) is 27.6. The van der Waals surface area contributed by atoms with Gasteiger partial charge in [-0.25, -0.2) is 4.98 Å². The third-order valence-electron chi connectivity index (χ3n) is 6.09. The van der Waals surface area contributed by atoms with E-state index in [0.29, 0.717) is 59.2 Å². The highest BCUT2D eigenvalue weighted by molar-refractivity contribution is 7.98. The number of nitrogens with zero attached hydrogens (tertiary/aromatic N) is 7. The Morgan fingerprint density at radius 2 is 1.82 bits per heavy atom. The lowest BCUT2D eigenvalue weighted by atomic mass is 10.2. The standard InChI is InChI=1S/C25H22F3N7O2S2/c1-16(36)33-8-10-34(11-9-33)23(37)20-14-38-21(30-20)15-39-24-32-31-22(17-4-3-7-29-13-17)35(24)19-6-2-5-18(12-19)25(26,27)28/h2-7,12-14H,8-11,15H2,1H3. The second-order valence-electron chi connectivity index (χ2n) is 8.64. The molecule has 202 valence electrons. The first kappa shape index (κ1) is 26.8. The SMILES string of the molecule is CC(=O)N1CCN(C(=O)c2csc(CSc3nnc(-c4cccnc4)n3-c3cccc(C(F)(F)F)c3)n2)CC1. The average Bonchev–Trinajstić information content (AvgIpc) is 3.59. The Bertz CT molecular complexity index is 1480. The third-order valence-corrected chi connectivity index (χ3v) is 8.06. The Labute approximate surface area is 229 Å². The van der Waals surface area contributed by atoms with E-state index >= 15 is 0 Å². The van der Waals surface area contributed by atoms with E-state index in [2.05, 4.69) is 20.2 Å². The Kier molecular flexibility index (Phi) is 7.66. The van der Waals surface area contributed by atoms with Crippen LogP contribution in [0.3, 0.4) is 0 Å². The number of carbonyl (C=O) groups excluding carboxylic acids is 2. The largest absolute Gasteiger partial charge is 0.416 e. The first-order valence-electron chi connectivity index (χ1n) is 11.9. The normalized spacial score (nSPS) is 14.1. The van der Waals surface area contributed by atoms with Crippen LogP contribution in [0.25, 0.3) is 17.1 Å². The van der Waals surface area contributed by atoms with Crippen molar-refractivity contribution in [3.8, 4) is 17.1 Å². The number of rotatable bonds is 6. The van der Waals surface area contributed by atoms with Crippen molar-refractivity contribution in [2.75, 3.05) is 26.2 Å². The lowest BCUT2D eigenvalue weighted by molar-refractivity contribution is -0.137. The molecule has 0 bridgehead atoms. The maximum absolute atomic E-state index is 13.4. The number of thioether (sulfide) groups is 1. The van der Waals surface area contributed by atoms with Crippen LogP contribution < -0.4 is 0 Å². The van der Waals surface area contributed by atoms with Crippen molar-refractivity contribution < 1.29 is 22.8 Å². The van der Waals surface area contributed by atoms with E-state index in [0.717, 1.165) is 12.1 Å². The second kappa shape index (κ2) is 11.1. The van der Waals surface area contributed by atoms with Gasteiger partial charge in [0, 0.05) is 56.4 Å². The molecule has 2 amide bonds. The molecule has 4 aromatic rings. The van der Waals surface area contributed by atoms with Gasteiger partial charge in [-0.15, -0.1) is 21.5 Å². The van der Waals surface area contributed by atoms with Crippen LogP contribution in [0, 0.1) is 0 Å². The summed E-state index contributed by atoms with van der Waals surface area (Å²) in [7, 11) is 0. The minimum atomic E-state index is -4.51. The highest BCUT2D eigenvalue weighted by atomic mass is 32.2. The van der Waals surface area contributed by atoms with Crippen LogP contribution in [0.15, 0.2) is 59.3 Å². The molecule has 0 radical (unpaired) electrons. The lowest BCUT2D eigenvalue weighted by Gasteiger charge is -2.33. The molecular formula is C25H22F3N7O2S2. The fraction of sp³-hybridized carbons (Fsp3) is 0.280. The number of hydrogen-bond donors (Lipinski definition) is 0. The van der Waals surface area contributed by atoms with Gasteiger partial charge in [-0.3, -0.25) is 19.1 Å². The van der Waals surface area contributed by atoms with Crippen LogP contribution in [0.4, 0.5) is 13.2 Å². The number of amides is 2. The van der Waals surface area contributed by atoms with Crippen molar-refractivity contribution >= 4 is 34.9 Å². The zero-order valence-corrected chi connectivity index (χ0v) is 22.3. The number of aromatic nitrogens is 5. The summed E-state index contributed by atoms with van der Waals surface area (Å²) in [5.74, 6) is 0.473. The summed E-state index contributed by atoms with van der Waals surface area (Å²) in [5, 5.41) is 11.2. The summed E-state index contributed by atoms with van der Waals surface area (Å²) in [6.07, 6.45) is -1.35. The molecule has 3 aromatic heterocycles. The number of hydrogen-bond acceptors (Lipinski definition) is 8. The molecule has 1 aliphatic heterocycles. The summed E-state index contributed by atoms with van der Waals surface area (Å²) < 4.78 is 41.9. The molecule has 4 heterocycles. The van der Waals surface area contributed by atoms with Gasteiger partial charge in [0.1, 0.15) is 10.7 Å². The molecule has 1 aromatic carbocycles. The van der Waals surface area contributed by atoms with E-state index in [1.165, 1.54) is 36.1 Å². The first-order valence-corrected chi connectivity index (χ1v) is 13.7. The highest BCUT2D eigenvalue weighted by Gasteiger charge is 2.31. The number of benzene rings is 1. The zero-order valence-electron chi connectivity index (χ0n) is 20.6. The van der Waals surface area contributed by atoms with E-state index in [-0.39, 0.29) is 17.5 Å². The van der Waals surface area contributed by atoms with E-state index in [4.69, 9.17) is 0 Å². The molecule has 9 nitrogen and oxygen atoms in total. The highest BCUT2D eigenvalue weighted by Crippen LogP contribution is 2.34. The van der Waals surface area contributed by atoms with Gasteiger partial charge in [0.15, 0.2) is 11.0 Å². The molecule has 0 saturated carbocycles. The predicted molar refractivity (Wildman–Crippen MR) is 139 cm³/mol. The van der Waals surface area contributed by atoms with Crippen molar-refractivity contribution in [1.82, 2.24) is 34.5 Å².